The molecule has 11 N–H and O–H groups in total. The number of nitrogens with one attached hydrogen (secondary N) is 5. The van der Waals surface area contributed by atoms with Crippen LogP contribution in [0.15, 0.2) is 0 Å². The van der Waals surface area contributed by atoms with Crippen LogP contribution in [-0.2, 0) is 28.8 Å². The van der Waals surface area contributed by atoms with Crippen LogP contribution in [-0.4, -0.2) is 95.1 Å². The Balaban J connectivity index is 5.79. The highest BCUT2D eigenvalue weighted by atomic mass is 16.4. The number of hydrogen-bond donors (Lipinski definition) is 9. The molecule has 15 heteroatoms. The van der Waals surface area contributed by atoms with Crippen LogP contribution in [0.1, 0.15) is 74.1 Å². The topological polar surface area (TPSA) is 255 Å². The van der Waals surface area contributed by atoms with Crippen molar-refractivity contribution in [1.82, 2.24) is 26.6 Å². The predicted octanol–water partition coefficient (Wildman–Crippen LogP) is -1.68. The maximum atomic E-state index is 13.4. The molecule has 7 atom stereocenters. The van der Waals surface area contributed by atoms with E-state index in [1.54, 1.807) is 34.6 Å². The van der Waals surface area contributed by atoms with E-state index >= 15 is 0 Å². The van der Waals surface area contributed by atoms with Crippen LogP contribution in [0.2, 0.25) is 0 Å². The van der Waals surface area contributed by atoms with Gasteiger partial charge in [0.2, 0.25) is 29.5 Å². The number of aliphatic hydroxyl groups is 1. The summed E-state index contributed by atoms with van der Waals surface area (Å²) in [6.07, 6.45) is 1.78. The second-order valence-electron chi connectivity index (χ2n) is 11.5. The summed E-state index contributed by atoms with van der Waals surface area (Å²) in [5.41, 5.74) is 11.2. The van der Waals surface area contributed by atoms with Gasteiger partial charge >= 0.3 is 5.97 Å². The van der Waals surface area contributed by atoms with Crippen LogP contribution in [0.4, 0.5) is 0 Å². The minimum Gasteiger partial charge on any atom is -0.480 e. The Hall–Kier alpha value is -3.30. The molecule has 248 valence electrons. The summed E-state index contributed by atoms with van der Waals surface area (Å²) in [4.78, 5) is 76.2. The number of unbranched alkanes of at least 4 members (excludes halogenated alkanes) is 1. The van der Waals surface area contributed by atoms with Crippen LogP contribution in [0.5, 0.6) is 0 Å². The van der Waals surface area contributed by atoms with Crippen molar-refractivity contribution < 1.29 is 39.0 Å². The van der Waals surface area contributed by atoms with Crippen LogP contribution >= 0.6 is 0 Å². The van der Waals surface area contributed by atoms with Crippen molar-refractivity contribution in [3.8, 4) is 0 Å². The fourth-order valence-corrected chi connectivity index (χ4v) is 4.02. The van der Waals surface area contributed by atoms with E-state index in [-0.39, 0.29) is 12.3 Å². The summed E-state index contributed by atoms with van der Waals surface area (Å²) in [6.45, 7) is 11.4. The normalized spacial score (nSPS) is 16.2. The lowest BCUT2D eigenvalue weighted by molar-refractivity contribution is -0.143. The average molecular weight is 616 g/mol. The molecule has 0 aliphatic heterocycles. The number of carbonyl (C=O) groups excluding carboxylic acids is 5. The van der Waals surface area contributed by atoms with Gasteiger partial charge in [-0.3, -0.25) is 24.0 Å². The van der Waals surface area contributed by atoms with Crippen molar-refractivity contribution in [3.63, 3.8) is 0 Å². The molecule has 0 aromatic rings. The van der Waals surface area contributed by atoms with E-state index in [9.17, 15) is 39.0 Å². The molecule has 0 rings (SSSR count). The quantitative estimate of drug-likeness (QED) is 0.0703. The molecule has 43 heavy (non-hydrogen) atoms. The third-order valence-corrected chi connectivity index (χ3v) is 7.14. The number of aliphatic carboxylic acids is 1. The minimum atomic E-state index is -1.22. The first-order valence-corrected chi connectivity index (χ1v) is 14.8. The van der Waals surface area contributed by atoms with Crippen molar-refractivity contribution in [3.05, 3.63) is 0 Å². The van der Waals surface area contributed by atoms with E-state index in [1.165, 1.54) is 6.92 Å². The molecule has 0 aliphatic carbocycles. The molecule has 0 unspecified atom stereocenters. The minimum absolute atomic E-state index is 0.198. The van der Waals surface area contributed by atoms with Crippen molar-refractivity contribution in [1.29, 1.82) is 0 Å². The molecule has 0 heterocycles. The highest BCUT2D eigenvalue weighted by molar-refractivity contribution is 5.96. The first-order valence-electron chi connectivity index (χ1n) is 14.8. The molecular weight excluding hydrogens is 562 g/mol. The van der Waals surface area contributed by atoms with Crippen molar-refractivity contribution in [2.75, 3.05) is 13.2 Å². The molecule has 0 aliphatic rings. The Morgan fingerprint density at radius 3 is 1.65 bits per heavy atom. The molecular formula is C28H53N7O8. The van der Waals surface area contributed by atoms with Gasteiger partial charge in [0.1, 0.15) is 36.3 Å². The molecule has 5 amide bonds. The molecule has 0 aromatic heterocycles. The first kappa shape index (κ1) is 39.7. The first-order chi connectivity index (χ1) is 20.0. The molecule has 0 radical (unpaired) electrons. The monoisotopic (exact) mass is 615 g/mol. The zero-order valence-corrected chi connectivity index (χ0v) is 26.4. The number of amides is 5. The summed E-state index contributed by atoms with van der Waals surface area (Å²) in [6, 6.07) is -6.68. The van der Waals surface area contributed by atoms with Crippen LogP contribution in [0.3, 0.4) is 0 Å². The maximum Gasteiger partial charge on any atom is 0.326 e. The standard InChI is InChI=1S/C28H53N7O8/c1-8-16(6)22(35-24(38)18(30)13-36)27(41)32-19(11-9-10-12-29)25(39)33-20(14(2)3)26(40)31-17(7)23(37)34-21(15(4)5)28(42)43/h14-22,36H,8-13,29-30H2,1-7H3,(H,31,40)(H,32,41)(H,33,39)(H,34,37)(H,35,38)(H,42,43)/t16-,17+,18+,19+,20+,21+,22-/m1/s1. The Kier molecular flexibility index (Phi) is 18.3. The zero-order valence-electron chi connectivity index (χ0n) is 26.4. The van der Waals surface area contributed by atoms with Gasteiger partial charge in [0.25, 0.3) is 0 Å². The Labute approximate surface area is 254 Å². The van der Waals surface area contributed by atoms with Gasteiger partial charge in [-0.15, -0.1) is 0 Å². The maximum absolute atomic E-state index is 13.4. The smallest absolute Gasteiger partial charge is 0.326 e. The SMILES string of the molecule is CC[C@@H](C)[C@@H](NC(=O)[C@@H](N)CO)C(=O)N[C@@H](CCCCN)C(=O)N[C@H](C(=O)N[C@@H](C)C(=O)N[C@H](C(=O)O)C(C)C)C(C)C. The average Bonchev–Trinajstić information content (AvgIpc) is 2.94. The highest BCUT2D eigenvalue weighted by Gasteiger charge is 2.34. The van der Waals surface area contributed by atoms with Gasteiger partial charge in [-0.25, -0.2) is 4.79 Å². The van der Waals surface area contributed by atoms with Gasteiger partial charge in [-0.1, -0.05) is 48.0 Å². The van der Waals surface area contributed by atoms with Crippen LogP contribution < -0.4 is 38.1 Å². The van der Waals surface area contributed by atoms with Crippen molar-refractivity contribution in [2.24, 2.45) is 29.2 Å². The third-order valence-electron chi connectivity index (χ3n) is 7.14. The lowest BCUT2D eigenvalue weighted by atomic mass is 9.96. The number of carbonyl (C=O) groups is 6. The lowest BCUT2D eigenvalue weighted by Crippen LogP contribution is -2.60. The second kappa shape index (κ2) is 19.8. The molecule has 0 saturated heterocycles. The summed E-state index contributed by atoms with van der Waals surface area (Å²) in [5, 5.41) is 31.3. The summed E-state index contributed by atoms with van der Waals surface area (Å²) < 4.78 is 0. The van der Waals surface area contributed by atoms with Gasteiger partial charge in [0.05, 0.1) is 6.61 Å². The lowest BCUT2D eigenvalue weighted by Gasteiger charge is -2.29. The number of carboxylic acid groups (broad SMARTS) is 1. The largest absolute Gasteiger partial charge is 0.480 e. The van der Waals surface area contributed by atoms with E-state index < -0.39 is 90.2 Å². The fraction of sp³-hybridized carbons (Fsp3) is 0.786. The highest BCUT2D eigenvalue weighted by Crippen LogP contribution is 2.11. The Morgan fingerprint density at radius 2 is 1.19 bits per heavy atom. The number of nitrogens with two attached hydrogens (primary N) is 2. The van der Waals surface area contributed by atoms with Gasteiger partial charge in [0, 0.05) is 0 Å². The summed E-state index contributed by atoms with van der Waals surface area (Å²) >= 11 is 0. The second-order valence-corrected chi connectivity index (χ2v) is 11.5. The van der Waals surface area contributed by atoms with Gasteiger partial charge < -0.3 is 48.3 Å². The van der Waals surface area contributed by atoms with E-state index in [2.05, 4.69) is 26.6 Å². The van der Waals surface area contributed by atoms with Crippen LogP contribution in [0, 0.1) is 17.8 Å². The molecule has 15 nitrogen and oxygen atoms in total. The summed E-state index contributed by atoms with van der Waals surface area (Å²) in [5.74, 6) is -5.72. The zero-order chi connectivity index (χ0) is 33.4. The van der Waals surface area contributed by atoms with Gasteiger partial charge in [-0.05, 0) is 50.5 Å². The van der Waals surface area contributed by atoms with E-state index in [4.69, 9.17) is 11.5 Å². The Bertz CT molecular complexity index is 946. The van der Waals surface area contributed by atoms with E-state index in [0.29, 0.717) is 25.8 Å². The fourth-order valence-electron chi connectivity index (χ4n) is 4.02. The number of rotatable bonds is 20. The van der Waals surface area contributed by atoms with Crippen LogP contribution in [0.25, 0.3) is 0 Å². The van der Waals surface area contributed by atoms with Crippen molar-refractivity contribution in [2.45, 2.75) is 110 Å². The predicted molar refractivity (Wildman–Crippen MR) is 160 cm³/mol. The molecule has 0 fully saturated rings. The van der Waals surface area contributed by atoms with E-state index in [1.807, 2.05) is 6.92 Å². The number of hydrogen-bond acceptors (Lipinski definition) is 9. The number of carboxylic acids is 1. The summed E-state index contributed by atoms with van der Waals surface area (Å²) in [7, 11) is 0. The molecule has 0 aromatic carbocycles. The molecule has 0 spiro atoms. The van der Waals surface area contributed by atoms with Gasteiger partial charge in [-0.2, -0.15) is 0 Å². The molecule has 0 bridgehead atoms. The number of aliphatic hydroxyl groups excluding tert-OH is 1. The third kappa shape index (κ3) is 13.7. The van der Waals surface area contributed by atoms with Gasteiger partial charge in [0.15, 0.2) is 0 Å². The van der Waals surface area contributed by atoms with Crippen molar-refractivity contribution >= 4 is 35.5 Å². The Morgan fingerprint density at radius 1 is 0.674 bits per heavy atom. The van der Waals surface area contributed by atoms with E-state index in [0.717, 1.165) is 0 Å². The molecule has 0 saturated carbocycles.